The molecule has 3 nitrogen and oxygen atoms in total. The van der Waals surface area contributed by atoms with Gasteiger partial charge in [-0.25, -0.2) is 4.98 Å². The van der Waals surface area contributed by atoms with Gasteiger partial charge >= 0.3 is 0 Å². The molecular weight excluding hydrogens is 256 g/mol. The molecule has 3 rings (SSSR count). The van der Waals surface area contributed by atoms with Crippen LogP contribution in [-0.4, -0.2) is 23.2 Å². The Morgan fingerprint density at radius 2 is 2.05 bits per heavy atom. The molecule has 0 bridgehead atoms. The van der Waals surface area contributed by atoms with Crippen LogP contribution in [0.5, 0.6) is 0 Å². The number of aromatic nitrogens is 1. The number of hydrogen-bond donors (Lipinski definition) is 2. The van der Waals surface area contributed by atoms with Crippen molar-refractivity contribution in [1.82, 2.24) is 10.3 Å². The summed E-state index contributed by atoms with van der Waals surface area (Å²) in [5.74, 6) is 0. The summed E-state index contributed by atoms with van der Waals surface area (Å²) in [4.78, 5) is 4.62. The highest BCUT2D eigenvalue weighted by atomic mass is 32.1. The van der Waals surface area contributed by atoms with Gasteiger partial charge in [-0.15, -0.1) is 11.3 Å². The first-order valence-corrected chi connectivity index (χ1v) is 7.79. The molecule has 1 fully saturated rings. The summed E-state index contributed by atoms with van der Waals surface area (Å²) >= 11 is 1.75. The van der Waals surface area contributed by atoms with Crippen molar-refractivity contribution in [3.63, 3.8) is 0 Å². The Kier molecular flexibility index (Phi) is 3.82. The maximum atomic E-state index is 9.58. The number of hydrogen-bond acceptors (Lipinski definition) is 4. The minimum absolute atomic E-state index is 0.122. The van der Waals surface area contributed by atoms with Gasteiger partial charge in [0.1, 0.15) is 5.01 Å². The average molecular weight is 276 g/mol. The molecule has 2 N–H and O–H groups in total. The second-order valence-electron chi connectivity index (χ2n) is 5.54. The summed E-state index contributed by atoms with van der Waals surface area (Å²) in [5, 5.41) is 14.2. The fourth-order valence-electron chi connectivity index (χ4n) is 2.95. The van der Waals surface area contributed by atoms with Crippen LogP contribution in [-0.2, 0) is 6.54 Å². The van der Waals surface area contributed by atoms with Gasteiger partial charge in [0, 0.05) is 25.1 Å². The minimum Gasteiger partial charge on any atom is -0.396 e. The molecule has 2 aromatic rings. The van der Waals surface area contributed by atoms with Crippen LogP contribution in [0.15, 0.2) is 24.3 Å². The number of rotatable bonds is 5. The second kappa shape index (κ2) is 5.57. The van der Waals surface area contributed by atoms with Crippen LogP contribution in [0.4, 0.5) is 0 Å². The van der Waals surface area contributed by atoms with E-state index in [1.54, 1.807) is 11.3 Å². The van der Waals surface area contributed by atoms with Gasteiger partial charge in [-0.2, -0.15) is 0 Å². The van der Waals surface area contributed by atoms with Crippen LogP contribution in [0.25, 0.3) is 10.2 Å². The molecule has 0 saturated heterocycles. The highest BCUT2D eigenvalue weighted by Crippen LogP contribution is 2.37. The fourth-order valence-corrected chi connectivity index (χ4v) is 3.88. The maximum Gasteiger partial charge on any atom is 0.108 e. The Labute approximate surface area is 117 Å². The Balaban J connectivity index is 1.60. The molecule has 0 unspecified atom stereocenters. The van der Waals surface area contributed by atoms with E-state index in [0.29, 0.717) is 6.61 Å². The van der Waals surface area contributed by atoms with E-state index in [4.69, 9.17) is 0 Å². The molecule has 1 heterocycles. The summed E-state index contributed by atoms with van der Waals surface area (Å²) in [6.07, 6.45) is 4.81. The number of benzene rings is 1. The van der Waals surface area contributed by atoms with E-state index in [1.165, 1.54) is 17.5 Å². The third kappa shape index (κ3) is 2.81. The molecule has 1 saturated carbocycles. The zero-order chi connectivity index (χ0) is 13.1. The first-order valence-electron chi connectivity index (χ1n) is 6.97. The lowest BCUT2D eigenvalue weighted by Gasteiger charge is -2.26. The standard InChI is InChI=1S/C15H20N2OS/c18-11-15(7-3-4-8-15)10-16-9-14-17-12-5-1-2-6-13(12)19-14/h1-2,5-6,16,18H,3-4,7-11H2. The minimum atomic E-state index is 0.122. The zero-order valence-electron chi connectivity index (χ0n) is 11.1. The van der Waals surface area contributed by atoms with E-state index in [9.17, 15) is 5.11 Å². The van der Waals surface area contributed by atoms with Crippen LogP contribution in [0.3, 0.4) is 0 Å². The number of nitrogens with zero attached hydrogens (tertiary/aromatic N) is 1. The second-order valence-corrected chi connectivity index (χ2v) is 6.66. The van der Waals surface area contributed by atoms with Gasteiger partial charge < -0.3 is 10.4 Å². The molecule has 0 atom stereocenters. The molecule has 1 aromatic carbocycles. The van der Waals surface area contributed by atoms with Gasteiger partial charge in [-0.1, -0.05) is 25.0 Å². The van der Waals surface area contributed by atoms with Gasteiger partial charge in [0.15, 0.2) is 0 Å². The van der Waals surface area contributed by atoms with Gasteiger partial charge in [0.05, 0.1) is 10.2 Å². The summed E-state index contributed by atoms with van der Waals surface area (Å²) < 4.78 is 1.25. The number of para-hydroxylation sites is 1. The molecule has 0 radical (unpaired) electrons. The number of thiazole rings is 1. The quantitative estimate of drug-likeness (QED) is 0.882. The molecule has 1 aliphatic carbocycles. The Morgan fingerprint density at radius 1 is 1.26 bits per heavy atom. The SMILES string of the molecule is OCC1(CNCc2nc3ccccc3s2)CCCC1. The van der Waals surface area contributed by atoms with Gasteiger partial charge in [-0.05, 0) is 25.0 Å². The largest absolute Gasteiger partial charge is 0.396 e. The van der Waals surface area contributed by atoms with E-state index < -0.39 is 0 Å². The number of nitrogens with one attached hydrogen (secondary N) is 1. The third-order valence-corrected chi connectivity index (χ3v) is 5.15. The monoisotopic (exact) mass is 276 g/mol. The third-order valence-electron chi connectivity index (χ3n) is 4.11. The average Bonchev–Trinajstić information content (AvgIpc) is 3.05. The van der Waals surface area contributed by atoms with Crippen molar-refractivity contribution < 1.29 is 5.11 Å². The van der Waals surface area contributed by atoms with E-state index in [0.717, 1.165) is 36.5 Å². The Hall–Kier alpha value is -0.970. The van der Waals surface area contributed by atoms with Crippen molar-refractivity contribution in [2.45, 2.75) is 32.2 Å². The zero-order valence-corrected chi connectivity index (χ0v) is 11.9. The number of fused-ring (bicyclic) bond motifs is 1. The summed E-state index contributed by atoms with van der Waals surface area (Å²) in [6.45, 7) is 2.01. The predicted molar refractivity (Wildman–Crippen MR) is 79.3 cm³/mol. The van der Waals surface area contributed by atoms with Crippen molar-refractivity contribution in [3.05, 3.63) is 29.3 Å². The Bertz CT molecular complexity index is 513. The predicted octanol–water partition coefficient (Wildman–Crippen LogP) is 2.94. The van der Waals surface area contributed by atoms with Crippen molar-refractivity contribution in [2.75, 3.05) is 13.2 Å². The first-order chi connectivity index (χ1) is 9.31. The molecule has 1 aromatic heterocycles. The van der Waals surface area contributed by atoms with E-state index >= 15 is 0 Å². The molecule has 19 heavy (non-hydrogen) atoms. The van der Waals surface area contributed by atoms with Crippen molar-refractivity contribution >= 4 is 21.6 Å². The van der Waals surface area contributed by atoms with Crippen LogP contribution in [0, 0.1) is 5.41 Å². The summed E-state index contributed by atoms with van der Waals surface area (Å²) in [6, 6.07) is 8.25. The molecular formula is C15H20N2OS. The Morgan fingerprint density at radius 3 is 2.79 bits per heavy atom. The molecule has 0 amide bonds. The lowest BCUT2D eigenvalue weighted by molar-refractivity contribution is 0.128. The van der Waals surface area contributed by atoms with Crippen molar-refractivity contribution in [3.8, 4) is 0 Å². The van der Waals surface area contributed by atoms with E-state index in [1.807, 2.05) is 6.07 Å². The molecule has 0 spiro atoms. The van der Waals surface area contributed by atoms with Gasteiger partial charge in [0.25, 0.3) is 0 Å². The molecule has 0 aliphatic heterocycles. The van der Waals surface area contributed by atoms with Gasteiger partial charge in [0.2, 0.25) is 0 Å². The normalized spacial score (nSPS) is 18.2. The molecule has 102 valence electrons. The smallest absolute Gasteiger partial charge is 0.108 e. The lowest BCUT2D eigenvalue weighted by Crippen LogP contribution is -2.34. The van der Waals surface area contributed by atoms with Crippen LogP contribution < -0.4 is 5.32 Å². The number of aliphatic hydroxyl groups excluding tert-OH is 1. The topological polar surface area (TPSA) is 45.1 Å². The van der Waals surface area contributed by atoms with Crippen molar-refractivity contribution in [1.29, 1.82) is 0 Å². The highest BCUT2D eigenvalue weighted by Gasteiger charge is 2.32. The first kappa shape index (κ1) is 13.0. The molecule has 1 aliphatic rings. The fraction of sp³-hybridized carbons (Fsp3) is 0.533. The molecule has 4 heteroatoms. The maximum absolute atomic E-state index is 9.58. The van der Waals surface area contributed by atoms with Gasteiger partial charge in [-0.3, -0.25) is 0 Å². The summed E-state index contributed by atoms with van der Waals surface area (Å²) in [7, 11) is 0. The van der Waals surface area contributed by atoms with Crippen LogP contribution >= 0.6 is 11.3 Å². The van der Waals surface area contributed by atoms with Crippen molar-refractivity contribution in [2.24, 2.45) is 5.41 Å². The van der Waals surface area contributed by atoms with Crippen LogP contribution in [0.1, 0.15) is 30.7 Å². The van der Waals surface area contributed by atoms with Crippen LogP contribution in [0.2, 0.25) is 0 Å². The lowest BCUT2D eigenvalue weighted by atomic mass is 9.87. The summed E-state index contributed by atoms with van der Waals surface area (Å²) in [5.41, 5.74) is 1.21. The van der Waals surface area contributed by atoms with E-state index in [2.05, 4.69) is 28.5 Å². The number of aliphatic hydroxyl groups is 1. The van der Waals surface area contributed by atoms with E-state index in [-0.39, 0.29) is 5.41 Å². The highest BCUT2D eigenvalue weighted by molar-refractivity contribution is 7.18.